The van der Waals surface area contributed by atoms with Gasteiger partial charge in [0.25, 0.3) is 11.5 Å². The Balaban J connectivity index is 1.27. The maximum Gasteiger partial charge on any atom is 0.261 e. The Morgan fingerprint density at radius 1 is 1.15 bits per heavy atom. The standard InChI is InChI=1S/C25H28N4O4/c1-32-15-13-29-17-26-22-16-19(6-7-21(22)24(29)30)27-9-11-28(12-10-27)25(31)23-20-5-3-2-4-18(20)8-14-33-23/h2-7,16-17,23H,8-15H2,1H3. The highest BCUT2D eigenvalue weighted by molar-refractivity contribution is 5.84. The van der Waals surface area contributed by atoms with Crippen LogP contribution in [-0.4, -0.2) is 66.9 Å². The van der Waals surface area contributed by atoms with E-state index < -0.39 is 6.10 Å². The Labute approximate surface area is 192 Å². The Kier molecular flexibility index (Phi) is 6.11. The molecule has 3 aromatic rings. The molecular formula is C25H28N4O4. The third-order valence-electron chi connectivity index (χ3n) is 6.52. The maximum absolute atomic E-state index is 13.2. The van der Waals surface area contributed by atoms with Crippen molar-refractivity contribution in [1.29, 1.82) is 0 Å². The van der Waals surface area contributed by atoms with E-state index in [4.69, 9.17) is 9.47 Å². The largest absolute Gasteiger partial charge is 0.383 e. The van der Waals surface area contributed by atoms with Crippen LogP contribution in [0, 0.1) is 0 Å². The van der Waals surface area contributed by atoms with E-state index in [1.165, 1.54) is 5.56 Å². The van der Waals surface area contributed by atoms with Crippen LogP contribution in [0.4, 0.5) is 5.69 Å². The molecule has 8 heteroatoms. The molecule has 172 valence electrons. The second kappa shape index (κ2) is 9.33. The van der Waals surface area contributed by atoms with Crippen LogP contribution in [0.15, 0.2) is 53.6 Å². The first-order valence-corrected chi connectivity index (χ1v) is 11.4. The number of hydrogen-bond donors (Lipinski definition) is 0. The molecule has 8 nitrogen and oxygen atoms in total. The highest BCUT2D eigenvalue weighted by Gasteiger charge is 2.32. The van der Waals surface area contributed by atoms with Gasteiger partial charge in [-0.2, -0.15) is 0 Å². The zero-order valence-electron chi connectivity index (χ0n) is 18.8. The van der Waals surface area contributed by atoms with E-state index in [0.717, 1.165) is 30.8 Å². The third-order valence-corrected chi connectivity index (χ3v) is 6.52. The summed E-state index contributed by atoms with van der Waals surface area (Å²) in [5.74, 6) is 0.0404. The number of rotatable bonds is 5. The molecule has 2 aromatic carbocycles. The van der Waals surface area contributed by atoms with Crippen molar-refractivity contribution in [2.75, 3.05) is 51.4 Å². The van der Waals surface area contributed by atoms with E-state index in [9.17, 15) is 9.59 Å². The van der Waals surface area contributed by atoms with Crippen molar-refractivity contribution in [3.05, 3.63) is 70.3 Å². The monoisotopic (exact) mass is 448 g/mol. The molecule has 1 aromatic heterocycles. The topological polar surface area (TPSA) is 76.9 Å². The van der Waals surface area contributed by atoms with Gasteiger partial charge in [0, 0.05) is 39.0 Å². The molecule has 0 spiro atoms. The number of carbonyl (C=O) groups excluding carboxylic acids is 1. The van der Waals surface area contributed by atoms with E-state index in [2.05, 4.69) is 16.0 Å². The molecule has 2 aliphatic rings. The van der Waals surface area contributed by atoms with Crippen LogP contribution in [0.5, 0.6) is 0 Å². The summed E-state index contributed by atoms with van der Waals surface area (Å²) in [5.41, 5.74) is 3.82. The lowest BCUT2D eigenvalue weighted by atomic mass is 9.96. The molecule has 1 atom stereocenters. The summed E-state index contributed by atoms with van der Waals surface area (Å²) in [7, 11) is 1.61. The predicted molar refractivity (Wildman–Crippen MR) is 126 cm³/mol. The molecule has 33 heavy (non-hydrogen) atoms. The minimum atomic E-state index is -0.508. The summed E-state index contributed by atoms with van der Waals surface area (Å²) in [6.45, 7) is 4.21. The number of aromatic nitrogens is 2. The van der Waals surface area contributed by atoms with Gasteiger partial charge in [-0.05, 0) is 35.7 Å². The van der Waals surface area contributed by atoms with E-state index in [1.54, 1.807) is 18.0 Å². The Morgan fingerprint density at radius 3 is 2.79 bits per heavy atom. The second-order valence-corrected chi connectivity index (χ2v) is 8.45. The first-order valence-electron chi connectivity index (χ1n) is 11.4. The Morgan fingerprint density at radius 2 is 1.97 bits per heavy atom. The van der Waals surface area contributed by atoms with Gasteiger partial charge in [0.15, 0.2) is 6.10 Å². The predicted octanol–water partition coefficient (Wildman–Crippen LogP) is 2.01. The quantitative estimate of drug-likeness (QED) is 0.594. The van der Waals surface area contributed by atoms with Gasteiger partial charge in [-0.1, -0.05) is 24.3 Å². The molecule has 0 saturated carbocycles. The summed E-state index contributed by atoms with van der Waals surface area (Å²) < 4.78 is 12.5. The minimum Gasteiger partial charge on any atom is -0.383 e. The van der Waals surface area contributed by atoms with E-state index in [0.29, 0.717) is 43.8 Å². The van der Waals surface area contributed by atoms with Crippen molar-refractivity contribution in [3.63, 3.8) is 0 Å². The van der Waals surface area contributed by atoms with Crippen LogP contribution in [0.3, 0.4) is 0 Å². The Bertz CT molecular complexity index is 1220. The second-order valence-electron chi connectivity index (χ2n) is 8.45. The van der Waals surface area contributed by atoms with Crippen LogP contribution in [0.25, 0.3) is 10.9 Å². The zero-order valence-corrected chi connectivity index (χ0v) is 18.8. The molecule has 0 aliphatic carbocycles. The van der Waals surface area contributed by atoms with Gasteiger partial charge in [0.1, 0.15) is 0 Å². The minimum absolute atomic E-state index is 0.0404. The summed E-state index contributed by atoms with van der Waals surface area (Å²) in [6.07, 6.45) is 1.92. The van der Waals surface area contributed by atoms with Crippen LogP contribution >= 0.6 is 0 Å². The lowest BCUT2D eigenvalue weighted by Gasteiger charge is -2.38. The lowest BCUT2D eigenvalue weighted by molar-refractivity contribution is -0.145. The molecule has 0 N–H and O–H groups in total. The van der Waals surface area contributed by atoms with Gasteiger partial charge in [0.05, 0.1) is 37.0 Å². The van der Waals surface area contributed by atoms with Crippen molar-refractivity contribution < 1.29 is 14.3 Å². The number of nitrogens with zero attached hydrogens (tertiary/aromatic N) is 4. The van der Waals surface area contributed by atoms with Crippen LogP contribution in [0.2, 0.25) is 0 Å². The molecule has 2 aliphatic heterocycles. The molecule has 5 rings (SSSR count). The van der Waals surface area contributed by atoms with Crippen molar-refractivity contribution >= 4 is 22.5 Å². The van der Waals surface area contributed by atoms with E-state index in [-0.39, 0.29) is 11.5 Å². The van der Waals surface area contributed by atoms with E-state index in [1.807, 2.05) is 41.3 Å². The number of methoxy groups -OCH3 is 1. The fraction of sp³-hybridized carbons (Fsp3) is 0.400. The lowest BCUT2D eigenvalue weighted by Crippen LogP contribution is -2.50. The number of amides is 1. The van der Waals surface area contributed by atoms with Crippen molar-refractivity contribution in [1.82, 2.24) is 14.5 Å². The smallest absolute Gasteiger partial charge is 0.261 e. The number of piperazine rings is 1. The number of anilines is 1. The number of hydrogen-bond acceptors (Lipinski definition) is 6. The van der Waals surface area contributed by atoms with Gasteiger partial charge < -0.3 is 19.3 Å². The molecule has 1 fully saturated rings. The summed E-state index contributed by atoms with van der Waals surface area (Å²) >= 11 is 0. The summed E-state index contributed by atoms with van der Waals surface area (Å²) in [6, 6.07) is 13.8. The molecule has 1 saturated heterocycles. The van der Waals surface area contributed by atoms with Gasteiger partial charge in [-0.3, -0.25) is 14.2 Å². The first kappa shape index (κ1) is 21.6. The maximum atomic E-state index is 13.2. The van der Waals surface area contributed by atoms with Gasteiger partial charge >= 0.3 is 0 Å². The average Bonchev–Trinajstić information content (AvgIpc) is 2.87. The van der Waals surface area contributed by atoms with Gasteiger partial charge in [-0.15, -0.1) is 0 Å². The molecule has 1 amide bonds. The molecule has 3 heterocycles. The number of fused-ring (bicyclic) bond motifs is 2. The SMILES string of the molecule is COCCn1cnc2cc(N3CCN(C(=O)C4OCCc5ccccc54)CC3)ccc2c1=O. The van der Waals surface area contributed by atoms with Gasteiger partial charge in [-0.25, -0.2) is 4.98 Å². The normalized spacial score (nSPS) is 18.4. The zero-order chi connectivity index (χ0) is 22.8. The number of benzene rings is 2. The van der Waals surface area contributed by atoms with Crippen LogP contribution in [0.1, 0.15) is 17.2 Å². The molecule has 1 unspecified atom stereocenters. The molecule has 0 bridgehead atoms. The highest BCUT2D eigenvalue weighted by Crippen LogP contribution is 2.29. The summed E-state index contributed by atoms with van der Waals surface area (Å²) in [5, 5.41) is 0.597. The van der Waals surface area contributed by atoms with Crippen molar-refractivity contribution in [2.24, 2.45) is 0 Å². The molecule has 0 radical (unpaired) electrons. The number of ether oxygens (including phenoxy) is 2. The first-order chi connectivity index (χ1) is 16.2. The third kappa shape index (κ3) is 4.24. The fourth-order valence-electron chi connectivity index (χ4n) is 4.64. The van der Waals surface area contributed by atoms with E-state index >= 15 is 0 Å². The van der Waals surface area contributed by atoms with Gasteiger partial charge in [0.2, 0.25) is 0 Å². The number of carbonyl (C=O) groups is 1. The summed E-state index contributed by atoms with van der Waals surface area (Å²) in [4.78, 5) is 34.5. The van der Waals surface area contributed by atoms with Crippen LogP contribution in [-0.2, 0) is 27.2 Å². The average molecular weight is 449 g/mol. The van der Waals surface area contributed by atoms with Crippen molar-refractivity contribution in [3.8, 4) is 0 Å². The Hall–Kier alpha value is -3.23. The fourth-order valence-corrected chi connectivity index (χ4v) is 4.64. The molecular weight excluding hydrogens is 420 g/mol. The van der Waals surface area contributed by atoms with Crippen molar-refractivity contribution in [2.45, 2.75) is 19.1 Å². The van der Waals surface area contributed by atoms with Crippen LogP contribution < -0.4 is 10.5 Å². The highest BCUT2D eigenvalue weighted by atomic mass is 16.5.